The molecule has 0 saturated carbocycles. The van der Waals surface area contributed by atoms with E-state index in [2.05, 4.69) is 53.7 Å². The molecule has 0 aliphatic heterocycles. The summed E-state index contributed by atoms with van der Waals surface area (Å²) in [5, 5.41) is 21.6. The Bertz CT molecular complexity index is 798. The number of nitrogens with one attached hydrogen (secondary N) is 1. The monoisotopic (exact) mass is 336 g/mol. The fraction of sp³-hybridized carbons (Fsp3) is 0.300. The molecule has 2 aromatic carbocycles. The fourth-order valence-corrected chi connectivity index (χ4v) is 2.78. The van der Waals surface area contributed by atoms with Crippen molar-refractivity contribution in [3.8, 4) is 11.3 Å². The molecule has 0 bridgehead atoms. The first-order valence-corrected chi connectivity index (χ1v) is 8.63. The van der Waals surface area contributed by atoms with Gasteiger partial charge in [0.15, 0.2) is 0 Å². The van der Waals surface area contributed by atoms with Crippen molar-refractivity contribution in [1.82, 2.24) is 20.3 Å². The minimum absolute atomic E-state index is 0.193. The number of aromatic nitrogens is 3. The first-order chi connectivity index (χ1) is 12.3. The maximum atomic E-state index is 8.91. The van der Waals surface area contributed by atoms with Crippen LogP contribution in [0.3, 0.4) is 0 Å². The lowest BCUT2D eigenvalue weighted by molar-refractivity contribution is 0.286. The summed E-state index contributed by atoms with van der Waals surface area (Å²) in [4.78, 5) is 1.76. The Morgan fingerprint density at radius 1 is 1.04 bits per heavy atom. The van der Waals surface area contributed by atoms with Gasteiger partial charge in [0.2, 0.25) is 0 Å². The quantitative estimate of drug-likeness (QED) is 0.621. The van der Waals surface area contributed by atoms with E-state index in [0.29, 0.717) is 13.1 Å². The summed E-state index contributed by atoms with van der Waals surface area (Å²) in [6, 6.07) is 18.5. The van der Waals surface area contributed by atoms with Crippen molar-refractivity contribution in [3.63, 3.8) is 0 Å². The van der Waals surface area contributed by atoms with Gasteiger partial charge in [0.1, 0.15) is 11.4 Å². The van der Waals surface area contributed by atoms with Gasteiger partial charge in [-0.3, -0.25) is 0 Å². The van der Waals surface area contributed by atoms with E-state index in [4.69, 9.17) is 10.2 Å². The highest BCUT2D eigenvalue weighted by Gasteiger charge is 2.13. The van der Waals surface area contributed by atoms with Crippen LogP contribution in [0.4, 0.5) is 0 Å². The average molecular weight is 336 g/mol. The minimum atomic E-state index is 0.193. The molecule has 1 aromatic heterocycles. The number of aliphatic hydroxyl groups excluding tert-OH is 1. The second-order valence-corrected chi connectivity index (χ2v) is 6.13. The molecule has 0 saturated heterocycles. The van der Waals surface area contributed by atoms with Gasteiger partial charge in [0, 0.05) is 18.7 Å². The van der Waals surface area contributed by atoms with Gasteiger partial charge in [0.05, 0.1) is 6.54 Å². The Morgan fingerprint density at radius 3 is 2.64 bits per heavy atom. The molecule has 0 radical (unpaired) electrons. The number of aliphatic hydroxyl groups is 1. The summed E-state index contributed by atoms with van der Waals surface area (Å²) >= 11 is 0. The standard InChI is InChI=1S/C20H24N4O/c1-16-7-5-8-17(13-16)15-24-22-19(14-21-11-6-12-25)20(23-24)18-9-3-2-4-10-18/h2-5,7-10,13,21,25H,6,11-12,14-15H2,1H3. The Labute approximate surface area is 148 Å². The second-order valence-electron chi connectivity index (χ2n) is 6.13. The van der Waals surface area contributed by atoms with E-state index < -0.39 is 0 Å². The lowest BCUT2D eigenvalue weighted by Crippen LogP contribution is -2.16. The van der Waals surface area contributed by atoms with Crippen LogP contribution in [0.5, 0.6) is 0 Å². The Hall–Kier alpha value is -2.50. The lowest BCUT2D eigenvalue weighted by Gasteiger charge is -2.02. The van der Waals surface area contributed by atoms with Gasteiger partial charge in [-0.05, 0) is 25.5 Å². The highest BCUT2D eigenvalue weighted by atomic mass is 16.3. The highest BCUT2D eigenvalue weighted by Crippen LogP contribution is 2.20. The third kappa shape index (κ3) is 4.75. The Balaban J connectivity index is 1.83. The van der Waals surface area contributed by atoms with E-state index >= 15 is 0 Å². The largest absolute Gasteiger partial charge is 0.396 e. The number of aryl methyl sites for hydroxylation is 1. The molecule has 0 fully saturated rings. The van der Waals surface area contributed by atoms with E-state index in [0.717, 1.165) is 29.9 Å². The molecule has 0 aliphatic carbocycles. The molecule has 0 spiro atoms. The van der Waals surface area contributed by atoms with Gasteiger partial charge < -0.3 is 10.4 Å². The number of nitrogens with zero attached hydrogens (tertiary/aromatic N) is 3. The first-order valence-electron chi connectivity index (χ1n) is 8.63. The molecule has 0 aliphatic rings. The molecule has 25 heavy (non-hydrogen) atoms. The smallest absolute Gasteiger partial charge is 0.117 e. The normalized spacial score (nSPS) is 11.0. The van der Waals surface area contributed by atoms with Crippen LogP contribution in [0.25, 0.3) is 11.3 Å². The summed E-state index contributed by atoms with van der Waals surface area (Å²) in [6.07, 6.45) is 0.734. The predicted molar refractivity (Wildman–Crippen MR) is 99.1 cm³/mol. The number of rotatable bonds is 8. The lowest BCUT2D eigenvalue weighted by atomic mass is 10.1. The predicted octanol–water partition coefficient (Wildman–Crippen LogP) is 2.77. The van der Waals surface area contributed by atoms with Crippen LogP contribution in [0.1, 0.15) is 23.2 Å². The maximum Gasteiger partial charge on any atom is 0.117 e. The van der Waals surface area contributed by atoms with E-state index in [1.807, 2.05) is 18.2 Å². The summed E-state index contributed by atoms with van der Waals surface area (Å²) in [5.41, 5.74) is 5.33. The number of hydrogen-bond donors (Lipinski definition) is 2. The zero-order valence-electron chi connectivity index (χ0n) is 14.5. The van der Waals surface area contributed by atoms with Crippen molar-refractivity contribution < 1.29 is 5.11 Å². The van der Waals surface area contributed by atoms with Crippen LogP contribution >= 0.6 is 0 Å². The number of benzene rings is 2. The SMILES string of the molecule is Cc1cccc(Cn2nc(CNCCCO)c(-c3ccccc3)n2)c1. The zero-order chi connectivity index (χ0) is 17.5. The molecule has 1 heterocycles. The third-order valence-corrected chi connectivity index (χ3v) is 3.98. The molecule has 3 aromatic rings. The Morgan fingerprint density at radius 2 is 1.88 bits per heavy atom. The molecule has 3 rings (SSSR count). The molecule has 0 unspecified atom stereocenters. The van der Waals surface area contributed by atoms with Gasteiger partial charge in [0.25, 0.3) is 0 Å². The fourth-order valence-electron chi connectivity index (χ4n) is 2.78. The molecular formula is C20H24N4O. The summed E-state index contributed by atoms with van der Waals surface area (Å²) in [7, 11) is 0. The van der Waals surface area contributed by atoms with Crippen LogP contribution in [0.15, 0.2) is 54.6 Å². The second kappa shape index (κ2) is 8.55. The molecule has 0 atom stereocenters. The van der Waals surface area contributed by atoms with E-state index in [1.165, 1.54) is 11.1 Å². The summed E-state index contributed by atoms with van der Waals surface area (Å²) < 4.78 is 0. The van der Waals surface area contributed by atoms with Gasteiger partial charge in [-0.2, -0.15) is 15.0 Å². The Kier molecular flexibility index (Phi) is 5.93. The van der Waals surface area contributed by atoms with Gasteiger partial charge in [-0.1, -0.05) is 60.2 Å². The molecule has 130 valence electrons. The molecule has 0 amide bonds. The van der Waals surface area contributed by atoms with E-state index in [-0.39, 0.29) is 6.61 Å². The van der Waals surface area contributed by atoms with Crippen LogP contribution in [-0.4, -0.2) is 33.3 Å². The van der Waals surface area contributed by atoms with Crippen molar-refractivity contribution in [2.45, 2.75) is 26.4 Å². The van der Waals surface area contributed by atoms with Gasteiger partial charge in [-0.25, -0.2) is 0 Å². The van der Waals surface area contributed by atoms with Crippen LogP contribution in [0, 0.1) is 6.92 Å². The minimum Gasteiger partial charge on any atom is -0.396 e. The van der Waals surface area contributed by atoms with Crippen molar-refractivity contribution in [1.29, 1.82) is 0 Å². The molecule has 5 heteroatoms. The molecular weight excluding hydrogens is 312 g/mol. The van der Waals surface area contributed by atoms with Crippen molar-refractivity contribution >= 4 is 0 Å². The van der Waals surface area contributed by atoms with E-state index in [9.17, 15) is 0 Å². The summed E-state index contributed by atoms with van der Waals surface area (Å²) in [6.45, 7) is 4.33. The average Bonchev–Trinajstić information content (AvgIpc) is 3.02. The first kappa shape index (κ1) is 17.3. The summed E-state index contributed by atoms with van der Waals surface area (Å²) in [5.74, 6) is 0. The molecule has 5 nitrogen and oxygen atoms in total. The topological polar surface area (TPSA) is 63.0 Å². The van der Waals surface area contributed by atoms with Crippen LogP contribution in [0.2, 0.25) is 0 Å². The van der Waals surface area contributed by atoms with Crippen LogP contribution < -0.4 is 5.32 Å². The third-order valence-electron chi connectivity index (χ3n) is 3.98. The van der Waals surface area contributed by atoms with Gasteiger partial charge in [-0.15, -0.1) is 0 Å². The molecule has 2 N–H and O–H groups in total. The zero-order valence-corrected chi connectivity index (χ0v) is 14.5. The van der Waals surface area contributed by atoms with E-state index in [1.54, 1.807) is 4.80 Å². The van der Waals surface area contributed by atoms with Crippen LogP contribution in [-0.2, 0) is 13.1 Å². The van der Waals surface area contributed by atoms with Crippen molar-refractivity contribution in [3.05, 3.63) is 71.4 Å². The van der Waals surface area contributed by atoms with Crippen molar-refractivity contribution in [2.24, 2.45) is 0 Å². The maximum absolute atomic E-state index is 8.91. The van der Waals surface area contributed by atoms with Crippen molar-refractivity contribution in [2.75, 3.05) is 13.2 Å². The number of hydrogen-bond acceptors (Lipinski definition) is 4. The highest BCUT2D eigenvalue weighted by molar-refractivity contribution is 5.60. The van der Waals surface area contributed by atoms with Gasteiger partial charge >= 0.3 is 0 Å².